The number of methoxy groups -OCH3 is 1. The van der Waals surface area contributed by atoms with Gasteiger partial charge in [-0.3, -0.25) is 0 Å². The molecule has 0 spiro atoms. The van der Waals surface area contributed by atoms with Gasteiger partial charge in [0.25, 0.3) is 0 Å². The van der Waals surface area contributed by atoms with Crippen molar-refractivity contribution in [1.29, 1.82) is 5.26 Å². The highest BCUT2D eigenvalue weighted by Crippen LogP contribution is 2.19. The summed E-state index contributed by atoms with van der Waals surface area (Å²) in [5.74, 6) is 0.851. The molecule has 1 saturated heterocycles. The maximum absolute atomic E-state index is 9.28. The molecule has 3 rings (SSSR count). The van der Waals surface area contributed by atoms with Gasteiger partial charge in [-0.15, -0.1) is 5.10 Å². The molecule has 0 radical (unpaired) electrons. The van der Waals surface area contributed by atoms with Gasteiger partial charge in [-0.2, -0.15) is 5.26 Å². The fourth-order valence-corrected chi connectivity index (χ4v) is 3.58. The van der Waals surface area contributed by atoms with Gasteiger partial charge in [0.05, 0.1) is 37.9 Å². The highest BCUT2D eigenvalue weighted by Gasteiger charge is 2.32. The van der Waals surface area contributed by atoms with E-state index in [-0.39, 0.29) is 6.04 Å². The molecule has 0 bridgehead atoms. The molecule has 7 heteroatoms. The lowest BCUT2D eigenvalue weighted by molar-refractivity contribution is -0.925. The van der Waals surface area contributed by atoms with Gasteiger partial charge in [-0.05, 0) is 48.2 Å². The normalized spacial score (nSPS) is 17.0. The van der Waals surface area contributed by atoms with Crippen molar-refractivity contribution in [2.45, 2.75) is 38.3 Å². The number of tetrazole rings is 1. The predicted octanol–water partition coefficient (Wildman–Crippen LogP) is 0.739. The Kier molecular flexibility index (Phi) is 6.09. The lowest BCUT2D eigenvalue weighted by atomic mass is 10.0. The Morgan fingerprint density at radius 2 is 2.08 bits per heavy atom. The van der Waals surface area contributed by atoms with Crippen molar-refractivity contribution in [1.82, 2.24) is 20.2 Å². The van der Waals surface area contributed by atoms with Crippen LogP contribution in [0, 0.1) is 11.3 Å². The summed E-state index contributed by atoms with van der Waals surface area (Å²) in [6, 6.07) is 10.1. The Morgan fingerprint density at radius 3 is 2.80 bits per heavy atom. The molecule has 1 N–H and O–H groups in total. The van der Waals surface area contributed by atoms with Gasteiger partial charge in [0.1, 0.15) is 0 Å². The molecule has 132 valence electrons. The highest BCUT2D eigenvalue weighted by atomic mass is 16.5. The van der Waals surface area contributed by atoms with Crippen LogP contribution in [0.1, 0.15) is 48.7 Å². The summed E-state index contributed by atoms with van der Waals surface area (Å²) in [7, 11) is 1.68. The molecule has 1 aromatic carbocycles. The Bertz CT molecular complexity index is 714. The first-order valence-electron chi connectivity index (χ1n) is 8.93. The molecule has 7 nitrogen and oxygen atoms in total. The van der Waals surface area contributed by atoms with Gasteiger partial charge in [0.15, 0.2) is 6.04 Å². The molecule has 2 aromatic rings. The molecule has 25 heavy (non-hydrogen) atoms. The zero-order valence-corrected chi connectivity index (χ0v) is 14.7. The molecule has 0 unspecified atom stereocenters. The van der Waals surface area contributed by atoms with Crippen LogP contribution in [0.15, 0.2) is 24.3 Å². The molecule has 1 aromatic heterocycles. The van der Waals surface area contributed by atoms with Gasteiger partial charge in [-0.1, -0.05) is 12.1 Å². The van der Waals surface area contributed by atoms with Crippen LogP contribution in [0.2, 0.25) is 0 Å². The van der Waals surface area contributed by atoms with Crippen LogP contribution in [-0.2, 0) is 11.3 Å². The number of nitrogens with zero attached hydrogens (tertiary/aromatic N) is 5. The summed E-state index contributed by atoms with van der Waals surface area (Å²) in [5, 5.41) is 21.7. The van der Waals surface area contributed by atoms with Gasteiger partial charge in [0.2, 0.25) is 5.82 Å². The minimum atomic E-state index is 0.0401. The summed E-state index contributed by atoms with van der Waals surface area (Å²) in [4.78, 5) is 1.47. The lowest BCUT2D eigenvalue weighted by Gasteiger charge is -2.27. The van der Waals surface area contributed by atoms with Crippen molar-refractivity contribution >= 4 is 0 Å². The largest absolute Gasteiger partial charge is 0.383 e. The lowest BCUT2D eigenvalue weighted by Crippen LogP contribution is -3.12. The molecule has 1 aliphatic rings. The minimum absolute atomic E-state index is 0.0401. The molecular formula is C18H25N6O+. The first-order chi connectivity index (χ1) is 12.3. The first-order valence-corrected chi connectivity index (χ1v) is 8.93. The Hall–Kier alpha value is -2.30. The number of nitriles is 1. The fourth-order valence-electron chi connectivity index (χ4n) is 3.58. The second kappa shape index (κ2) is 8.70. The minimum Gasteiger partial charge on any atom is -0.383 e. The second-order valence-corrected chi connectivity index (χ2v) is 6.50. The zero-order valence-electron chi connectivity index (χ0n) is 14.7. The summed E-state index contributed by atoms with van der Waals surface area (Å²) < 4.78 is 7.03. The average molecular weight is 341 g/mol. The van der Waals surface area contributed by atoms with E-state index < -0.39 is 0 Å². The Balaban J connectivity index is 1.99. The fraction of sp³-hybridized carbons (Fsp3) is 0.556. The van der Waals surface area contributed by atoms with E-state index in [1.807, 2.05) is 22.9 Å². The van der Waals surface area contributed by atoms with Crippen molar-refractivity contribution < 1.29 is 9.64 Å². The topological polar surface area (TPSA) is 81.1 Å². The van der Waals surface area contributed by atoms with E-state index in [9.17, 15) is 5.26 Å². The van der Waals surface area contributed by atoms with Crippen molar-refractivity contribution in [3.05, 3.63) is 41.2 Å². The van der Waals surface area contributed by atoms with E-state index >= 15 is 0 Å². The summed E-state index contributed by atoms with van der Waals surface area (Å²) in [5.41, 5.74) is 1.78. The number of ether oxygens (including phenoxy) is 1. The number of likely N-dealkylation sites (tertiary alicyclic amines) is 1. The number of quaternary nitrogens is 1. The van der Waals surface area contributed by atoms with E-state index in [1.165, 1.54) is 30.6 Å². The maximum atomic E-state index is 9.28. The van der Waals surface area contributed by atoms with Crippen LogP contribution >= 0.6 is 0 Å². The maximum Gasteiger partial charge on any atom is 0.214 e. The number of hydrogen-bond acceptors (Lipinski definition) is 5. The van der Waals surface area contributed by atoms with Crippen LogP contribution < -0.4 is 4.90 Å². The quantitative estimate of drug-likeness (QED) is 0.838. The van der Waals surface area contributed by atoms with Crippen molar-refractivity contribution in [2.24, 2.45) is 0 Å². The monoisotopic (exact) mass is 341 g/mol. The molecule has 1 aliphatic heterocycles. The van der Waals surface area contributed by atoms with Crippen LogP contribution in [0.3, 0.4) is 0 Å². The third-order valence-corrected chi connectivity index (χ3v) is 4.83. The molecule has 1 atom stereocenters. The van der Waals surface area contributed by atoms with Crippen molar-refractivity contribution in [3.63, 3.8) is 0 Å². The van der Waals surface area contributed by atoms with E-state index in [2.05, 4.69) is 27.7 Å². The van der Waals surface area contributed by atoms with E-state index in [0.717, 1.165) is 24.5 Å². The molecule has 2 heterocycles. The van der Waals surface area contributed by atoms with Crippen LogP contribution in [0.4, 0.5) is 0 Å². The highest BCUT2D eigenvalue weighted by molar-refractivity contribution is 5.35. The van der Waals surface area contributed by atoms with Gasteiger partial charge in [0, 0.05) is 12.7 Å². The van der Waals surface area contributed by atoms with Gasteiger partial charge in [-0.25, -0.2) is 4.68 Å². The summed E-state index contributed by atoms with van der Waals surface area (Å²) in [6.45, 7) is 3.38. The zero-order chi connectivity index (χ0) is 17.5. The van der Waals surface area contributed by atoms with E-state index in [0.29, 0.717) is 18.7 Å². The van der Waals surface area contributed by atoms with E-state index in [4.69, 9.17) is 4.74 Å². The van der Waals surface area contributed by atoms with Crippen molar-refractivity contribution in [3.8, 4) is 6.07 Å². The third kappa shape index (κ3) is 4.21. The molecule has 1 fully saturated rings. The Labute approximate surface area is 148 Å². The Morgan fingerprint density at radius 1 is 1.28 bits per heavy atom. The van der Waals surface area contributed by atoms with Crippen LogP contribution in [0.25, 0.3) is 0 Å². The number of hydrogen-bond donors (Lipinski definition) is 1. The molecule has 0 aliphatic carbocycles. The SMILES string of the molecule is COCCn1nnnc1[C@@H](c1cccc(C#N)c1)[NH+]1CCCCCC1. The van der Waals surface area contributed by atoms with Crippen molar-refractivity contribution in [2.75, 3.05) is 26.8 Å². The number of benzene rings is 1. The number of aromatic nitrogens is 4. The third-order valence-electron chi connectivity index (χ3n) is 4.83. The summed E-state index contributed by atoms with van der Waals surface area (Å²) in [6.07, 6.45) is 4.99. The molecule has 0 amide bonds. The molecular weight excluding hydrogens is 316 g/mol. The molecule has 0 saturated carbocycles. The summed E-state index contributed by atoms with van der Waals surface area (Å²) >= 11 is 0. The standard InChI is InChI=1S/C18H24N6O/c1-25-12-11-24-18(20-21-22-24)17(23-9-4-2-3-5-10-23)16-8-6-7-15(13-16)14-19/h6-8,13,17H,2-5,9-12H2,1H3/p+1/t17-/m1/s1. The smallest absolute Gasteiger partial charge is 0.214 e. The van der Waals surface area contributed by atoms with E-state index in [1.54, 1.807) is 7.11 Å². The first kappa shape index (κ1) is 17.5. The second-order valence-electron chi connectivity index (χ2n) is 6.50. The number of nitrogens with one attached hydrogen (secondary N) is 1. The van der Waals surface area contributed by atoms with Gasteiger partial charge >= 0.3 is 0 Å². The number of rotatable bonds is 6. The van der Waals surface area contributed by atoms with Crippen LogP contribution in [-0.4, -0.2) is 47.0 Å². The average Bonchev–Trinajstić information content (AvgIpc) is 2.93. The van der Waals surface area contributed by atoms with Crippen LogP contribution in [0.5, 0.6) is 0 Å². The van der Waals surface area contributed by atoms with Gasteiger partial charge < -0.3 is 9.64 Å². The predicted molar refractivity (Wildman–Crippen MR) is 91.9 cm³/mol.